The number of hydrogen-bond donors (Lipinski definition) is 2. The van der Waals surface area contributed by atoms with Gasteiger partial charge in [-0.05, 0) is 18.2 Å². The number of morpholine rings is 1. The summed E-state index contributed by atoms with van der Waals surface area (Å²) in [7, 11) is 0. The molecule has 2 aromatic carbocycles. The minimum atomic E-state index is -4.80. The van der Waals surface area contributed by atoms with Gasteiger partial charge in [-0.25, -0.2) is 4.99 Å². The van der Waals surface area contributed by atoms with Crippen LogP contribution in [0.4, 0.5) is 18.9 Å². The van der Waals surface area contributed by atoms with Crippen LogP contribution in [-0.4, -0.2) is 56.7 Å². The maximum absolute atomic E-state index is 12.6. The summed E-state index contributed by atoms with van der Waals surface area (Å²) in [4.78, 5) is 6.50. The molecular formula is C21H25F3N4O3. The third-order valence-corrected chi connectivity index (χ3v) is 4.54. The van der Waals surface area contributed by atoms with Crippen molar-refractivity contribution < 1.29 is 27.4 Å². The van der Waals surface area contributed by atoms with Gasteiger partial charge in [0.25, 0.3) is 0 Å². The molecule has 0 spiro atoms. The second kappa shape index (κ2) is 10.9. The molecule has 0 unspecified atom stereocenters. The summed E-state index contributed by atoms with van der Waals surface area (Å²) in [5.74, 6) is 0.259. The van der Waals surface area contributed by atoms with Gasteiger partial charge in [0.05, 0.1) is 25.4 Å². The molecule has 3 N–H and O–H groups in total. The largest absolute Gasteiger partial charge is 0.573 e. The van der Waals surface area contributed by atoms with Crippen LogP contribution >= 0.6 is 0 Å². The fourth-order valence-electron chi connectivity index (χ4n) is 3.02. The molecule has 1 aliphatic rings. The van der Waals surface area contributed by atoms with Crippen LogP contribution in [0.25, 0.3) is 0 Å². The number of ether oxygens (including phenoxy) is 3. The van der Waals surface area contributed by atoms with E-state index < -0.39 is 6.36 Å². The van der Waals surface area contributed by atoms with Crippen LogP contribution in [-0.2, 0) is 11.3 Å². The molecule has 10 heteroatoms. The highest BCUT2D eigenvalue weighted by Gasteiger charge is 2.32. The molecule has 168 valence electrons. The average molecular weight is 438 g/mol. The molecule has 1 saturated heterocycles. The first-order valence-corrected chi connectivity index (χ1v) is 9.83. The molecule has 0 aromatic heterocycles. The van der Waals surface area contributed by atoms with E-state index in [9.17, 15) is 13.2 Å². The normalized spacial score (nSPS) is 15.5. The lowest BCUT2D eigenvalue weighted by molar-refractivity contribution is -0.274. The van der Waals surface area contributed by atoms with E-state index in [1.54, 1.807) is 6.07 Å². The quantitative estimate of drug-likeness (QED) is 0.487. The Bertz CT molecular complexity index is 871. The Morgan fingerprint density at radius 2 is 1.74 bits per heavy atom. The Labute approximate surface area is 178 Å². The zero-order chi connectivity index (χ0) is 22.1. The number of nitrogens with two attached hydrogens (primary N) is 1. The van der Waals surface area contributed by atoms with E-state index in [0.29, 0.717) is 12.4 Å². The van der Waals surface area contributed by atoms with Crippen LogP contribution in [0, 0.1) is 0 Å². The number of anilines is 1. The zero-order valence-electron chi connectivity index (χ0n) is 16.9. The number of rotatable bonds is 8. The lowest BCUT2D eigenvalue weighted by atomic mass is 10.2. The second-order valence-electron chi connectivity index (χ2n) is 6.78. The number of halogens is 3. The molecule has 31 heavy (non-hydrogen) atoms. The fourth-order valence-corrected chi connectivity index (χ4v) is 3.02. The molecule has 0 saturated carbocycles. The molecule has 7 nitrogen and oxygen atoms in total. The van der Waals surface area contributed by atoms with Crippen LogP contribution in [0.15, 0.2) is 53.5 Å². The number of alkyl halides is 3. The minimum Gasteiger partial charge on any atom is -0.492 e. The molecule has 3 rings (SSSR count). The lowest BCUT2D eigenvalue weighted by Gasteiger charge is -2.26. The molecule has 0 amide bonds. The van der Waals surface area contributed by atoms with Gasteiger partial charge >= 0.3 is 6.36 Å². The van der Waals surface area contributed by atoms with Crippen molar-refractivity contribution in [3.05, 3.63) is 54.1 Å². The topological polar surface area (TPSA) is 81.3 Å². The first kappa shape index (κ1) is 22.7. The van der Waals surface area contributed by atoms with Gasteiger partial charge in [0.1, 0.15) is 12.4 Å². The summed E-state index contributed by atoms with van der Waals surface area (Å²) in [5.41, 5.74) is 6.76. The van der Waals surface area contributed by atoms with Crippen molar-refractivity contribution in [2.75, 3.05) is 44.8 Å². The van der Waals surface area contributed by atoms with Crippen LogP contribution in [0.1, 0.15) is 5.56 Å². The number of nitrogens with zero attached hydrogens (tertiary/aromatic N) is 2. The van der Waals surface area contributed by atoms with E-state index in [1.165, 1.54) is 18.2 Å². The predicted molar refractivity (Wildman–Crippen MR) is 111 cm³/mol. The summed E-state index contributed by atoms with van der Waals surface area (Å²) < 4.78 is 52.9. The first-order valence-electron chi connectivity index (χ1n) is 9.83. The number of aliphatic imine (C=N–C) groups is 1. The first-order chi connectivity index (χ1) is 14.9. The summed E-state index contributed by atoms with van der Waals surface area (Å²) in [6.45, 7) is 4.75. The van der Waals surface area contributed by atoms with Gasteiger partial charge in [-0.15, -0.1) is 13.2 Å². The molecule has 1 fully saturated rings. The standard InChI is InChI=1S/C21H25F3N4O3/c22-21(23,24)31-19-8-4-2-6-17(19)27-20(25)26-15-16-5-1-3-7-18(16)30-14-11-28-9-12-29-13-10-28/h1-8H,9-15H2,(H3,25,26,27). The smallest absolute Gasteiger partial charge is 0.492 e. The van der Waals surface area contributed by atoms with Crippen LogP contribution < -0.4 is 20.5 Å². The van der Waals surface area contributed by atoms with E-state index in [1.807, 2.05) is 24.3 Å². The maximum Gasteiger partial charge on any atom is 0.573 e. The van der Waals surface area contributed by atoms with Gasteiger partial charge in [-0.2, -0.15) is 0 Å². The monoisotopic (exact) mass is 438 g/mol. The average Bonchev–Trinajstić information content (AvgIpc) is 2.74. The van der Waals surface area contributed by atoms with Crippen LogP contribution in [0.2, 0.25) is 0 Å². The Morgan fingerprint density at radius 3 is 2.48 bits per heavy atom. The Kier molecular flexibility index (Phi) is 7.96. The Morgan fingerprint density at radius 1 is 1.06 bits per heavy atom. The van der Waals surface area contributed by atoms with E-state index in [-0.39, 0.29) is 23.9 Å². The van der Waals surface area contributed by atoms with Crippen LogP contribution in [0.5, 0.6) is 11.5 Å². The van der Waals surface area contributed by atoms with E-state index in [2.05, 4.69) is 19.9 Å². The SMILES string of the molecule is NC(=NCc1ccccc1OCCN1CCOCC1)Nc1ccccc1OC(F)(F)F. The molecule has 0 aliphatic carbocycles. The number of guanidine groups is 1. The highest BCUT2D eigenvalue weighted by Crippen LogP contribution is 2.29. The zero-order valence-corrected chi connectivity index (χ0v) is 16.9. The van der Waals surface area contributed by atoms with Gasteiger partial charge in [-0.3, -0.25) is 4.90 Å². The summed E-state index contributed by atoms with van der Waals surface area (Å²) in [6.07, 6.45) is -4.80. The highest BCUT2D eigenvalue weighted by atomic mass is 19.4. The summed E-state index contributed by atoms with van der Waals surface area (Å²) in [5, 5.41) is 2.65. The van der Waals surface area contributed by atoms with E-state index in [4.69, 9.17) is 15.2 Å². The third-order valence-electron chi connectivity index (χ3n) is 4.54. The van der Waals surface area contributed by atoms with Crippen molar-refractivity contribution in [1.29, 1.82) is 0 Å². The predicted octanol–water partition coefficient (Wildman–Crippen LogP) is 3.22. The minimum absolute atomic E-state index is 0.0404. The molecule has 1 aliphatic heterocycles. The van der Waals surface area contributed by atoms with Gasteiger partial charge in [0.2, 0.25) is 0 Å². The summed E-state index contributed by atoms with van der Waals surface area (Å²) >= 11 is 0. The number of hydrogen-bond acceptors (Lipinski definition) is 5. The Hall–Kier alpha value is -2.98. The van der Waals surface area contributed by atoms with Gasteiger partial charge in [-0.1, -0.05) is 30.3 Å². The molecule has 0 atom stereocenters. The van der Waals surface area contributed by atoms with Crippen molar-refractivity contribution in [1.82, 2.24) is 4.90 Å². The van der Waals surface area contributed by atoms with Crippen molar-refractivity contribution in [2.45, 2.75) is 12.9 Å². The van der Waals surface area contributed by atoms with Gasteiger partial charge in [0, 0.05) is 25.2 Å². The number of nitrogens with one attached hydrogen (secondary N) is 1. The highest BCUT2D eigenvalue weighted by molar-refractivity contribution is 5.93. The fraction of sp³-hybridized carbons (Fsp3) is 0.381. The molecule has 0 radical (unpaired) electrons. The second-order valence-corrected chi connectivity index (χ2v) is 6.78. The lowest BCUT2D eigenvalue weighted by Crippen LogP contribution is -2.38. The number of para-hydroxylation sites is 3. The number of benzene rings is 2. The molecule has 1 heterocycles. The Balaban J connectivity index is 1.58. The summed E-state index contributed by atoms with van der Waals surface area (Å²) in [6, 6.07) is 13.1. The molecular weight excluding hydrogens is 413 g/mol. The third kappa shape index (κ3) is 7.65. The van der Waals surface area contributed by atoms with Gasteiger partial charge < -0.3 is 25.3 Å². The van der Waals surface area contributed by atoms with Crippen LogP contribution in [0.3, 0.4) is 0 Å². The molecule has 0 bridgehead atoms. The van der Waals surface area contributed by atoms with Crippen molar-refractivity contribution in [3.8, 4) is 11.5 Å². The molecule has 2 aromatic rings. The van der Waals surface area contributed by atoms with Gasteiger partial charge in [0.15, 0.2) is 11.7 Å². The maximum atomic E-state index is 12.6. The van der Waals surface area contributed by atoms with E-state index in [0.717, 1.165) is 38.4 Å². The van der Waals surface area contributed by atoms with E-state index >= 15 is 0 Å². The van der Waals surface area contributed by atoms with Crippen molar-refractivity contribution in [2.24, 2.45) is 10.7 Å². The van der Waals surface area contributed by atoms with Crippen molar-refractivity contribution >= 4 is 11.6 Å². The van der Waals surface area contributed by atoms with Crippen molar-refractivity contribution in [3.63, 3.8) is 0 Å².